The third kappa shape index (κ3) is 1.14. The molecule has 13 heavy (non-hydrogen) atoms. The zero-order valence-corrected chi connectivity index (χ0v) is 8.02. The number of aryl methyl sites for hydroxylation is 1. The van der Waals surface area contributed by atoms with E-state index in [1.165, 1.54) is 0 Å². The lowest BCUT2D eigenvalue weighted by atomic mass is 10.1. The molecular weight excluding hydrogens is 184 g/mol. The molecule has 0 radical (unpaired) electrons. The van der Waals surface area contributed by atoms with E-state index in [0.717, 1.165) is 27.2 Å². The molecule has 0 amide bonds. The SMILES string of the molecule is C=Cc1ccc2n[nH]c(C)c2c1Cl. The molecule has 2 aromatic rings. The maximum Gasteiger partial charge on any atom is 0.0939 e. The molecule has 1 aromatic heterocycles. The Labute approximate surface area is 81.2 Å². The van der Waals surface area contributed by atoms with Gasteiger partial charge in [-0.15, -0.1) is 0 Å². The van der Waals surface area contributed by atoms with Gasteiger partial charge in [0.05, 0.1) is 10.5 Å². The van der Waals surface area contributed by atoms with Gasteiger partial charge in [0.15, 0.2) is 0 Å². The van der Waals surface area contributed by atoms with E-state index in [4.69, 9.17) is 11.6 Å². The second kappa shape index (κ2) is 2.89. The second-order valence-electron chi connectivity index (χ2n) is 2.92. The van der Waals surface area contributed by atoms with Crippen molar-refractivity contribution in [2.24, 2.45) is 0 Å². The molecule has 0 aliphatic carbocycles. The van der Waals surface area contributed by atoms with Crippen LogP contribution in [0.2, 0.25) is 5.02 Å². The highest BCUT2D eigenvalue weighted by Gasteiger charge is 2.07. The molecule has 1 heterocycles. The van der Waals surface area contributed by atoms with Gasteiger partial charge in [-0.05, 0) is 18.6 Å². The number of H-pyrrole nitrogens is 1. The van der Waals surface area contributed by atoms with Crippen molar-refractivity contribution in [3.05, 3.63) is 35.0 Å². The summed E-state index contributed by atoms with van der Waals surface area (Å²) in [4.78, 5) is 0. The number of benzene rings is 1. The fourth-order valence-corrected chi connectivity index (χ4v) is 1.77. The quantitative estimate of drug-likeness (QED) is 0.739. The smallest absolute Gasteiger partial charge is 0.0939 e. The molecule has 66 valence electrons. The molecule has 0 saturated heterocycles. The van der Waals surface area contributed by atoms with E-state index < -0.39 is 0 Å². The monoisotopic (exact) mass is 192 g/mol. The zero-order chi connectivity index (χ0) is 9.42. The molecule has 2 rings (SSSR count). The standard InChI is InChI=1S/C10H9ClN2/c1-3-7-4-5-8-9(10(7)11)6(2)12-13-8/h3-5H,1H2,2H3,(H,12,13). The molecule has 0 fully saturated rings. The number of hydrogen-bond acceptors (Lipinski definition) is 1. The van der Waals surface area contributed by atoms with E-state index in [2.05, 4.69) is 16.8 Å². The van der Waals surface area contributed by atoms with E-state index >= 15 is 0 Å². The van der Waals surface area contributed by atoms with Crippen LogP contribution in [0.4, 0.5) is 0 Å². The third-order valence-corrected chi connectivity index (χ3v) is 2.50. The maximum absolute atomic E-state index is 6.16. The Bertz CT molecular complexity index is 471. The van der Waals surface area contributed by atoms with Crippen molar-refractivity contribution in [3.63, 3.8) is 0 Å². The van der Waals surface area contributed by atoms with Crippen LogP contribution in [0.15, 0.2) is 18.7 Å². The lowest BCUT2D eigenvalue weighted by Gasteiger charge is -1.98. The largest absolute Gasteiger partial charge is 0.282 e. The molecule has 0 atom stereocenters. The molecule has 1 N–H and O–H groups in total. The summed E-state index contributed by atoms with van der Waals surface area (Å²) in [7, 11) is 0. The van der Waals surface area contributed by atoms with Crippen LogP contribution in [-0.2, 0) is 0 Å². The van der Waals surface area contributed by atoms with E-state index in [-0.39, 0.29) is 0 Å². The maximum atomic E-state index is 6.16. The first kappa shape index (κ1) is 8.32. The minimum Gasteiger partial charge on any atom is -0.282 e. The Hall–Kier alpha value is -1.28. The van der Waals surface area contributed by atoms with Gasteiger partial charge in [-0.3, -0.25) is 5.10 Å². The van der Waals surface area contributed by atoms with Crippen LogP contribution in [-0.4, -0.2) is 10.2 Å². The Morgan fingerprint density at radius 2 is 2.31 bits per heavy atom. The summed E-state index contributed by atoms with van der Waals surface area (Å²) in [5, 5.41) is 8.72. The predicted octanol–water partition coefficient (Wildman–Crippen LogP) is 3.17. The van der Waals surface area contributed by atoms with Gasteiger partial charge in [0, 0.05) is 11.1 Å². The Balaban J connectivity index is 2.91. The number of aromatic nitrogens is 2. The summed E-state index contributed by atoms with van der Waals surface area (Å²) in [6.45, 7) is 5.65. The number of aromatic amines is 1. The number of fused-ring (bicyclic) bond motifs is 1. The highest BCUT2D eigenvalue weighted by molar-refractivity contribution is 6.37. The van der Waals surface area contributed by atoms with Gasteiger partial charge in [-0.25, -0.2) is 0 Å². The molecule has 1 aromatic carbocycles. The fraction of sp³-hybridized carbons (Fsp3) is 0.100. The Morgan fingerprint density at radius 1 is 1.54 bits per heavy atom. The van der Waals surface area contributed by atoms with Gasteiger partial charge in [0.2, 0.25) is 0 Å². The lowest BCUT2D eigenvalue weighted by molar-refractivity contribution is 1.07. The van der Waals surface area contributed by atoms with Crippen LogP contribution in [0, 0.1) is 6.92 Å². The fourth-order valence-electron chi connectivity index (χ4n) is 1.39. The van der Waals surface area contributed by atoms with Crippen molar-refractivity contribution in [3.8, 4) is 0 Å². The van der Waals surface area contributed by atoms with E-state index in [1.807, 2.05) is 19.1 Å². The molecule has 0 saturated carbocycles. The average Bonchev–Trinajstić information content (AvgIpc) is 2.49. The van der Waals surface area contributed by atoms with Crippen molar-refractivity contribution in [2.75, 3.05) is 0 Å². The summed E-state index contributed by atoms with van der Waals surface area (Å²) < 4.78 is 0. The summed E-state index contributed by atoms with van der Waals surface area (Å²) in [6.07, 6.45) is 1.74. The molecule has 0 unspecified atom stereocenters. The highest BCUT2D eigenvalue weighted by atomic mass is 35.5. The predicted molar refractivity (Wildman–Crippen MR) is 55.9 cm³/mol. The van der Waals surface area contributed by atoms with Crippen LogP contribution in [0.5, 0.6) is 0 Å². The molecule has 0 spiro atoms. The number of rotatable bonds is 1. The highest BCUT2D eigenvalue weighted by Crippen LogP contribution is 2.28. The molecule has 0 bridgehead atoms. The molecule has 0 aliphatic heterocycles. The summed E-state index contributed by atoms with van der Waals surface area (Å²) in [6, 6.07) is 3.85. The second-order valence-corrected chi connectivity index (χ2v) is 3.29. The number of hydrogen-bond donors (Lipinski definition) is 1. The van der Waals surface area contributed by atoms with Crippen molar-refractivity contribution < 1.29 is 0 Å². The van der Waals surface area contributed by atoms with E-state index in [1.54, 1.807) is 6.08 Å². The zero-order valence-electron chi connectivity index (χ0n) is 7.26. The Kier molecular flexibility index (Phi) is 1.85. The minimum absolute atomic E-state index is 0.721. The van der Waals surface area contributed by atoms with Crippen LogP contribution >= 0.6 is 11.6 Å². The lowest BCUT2D eigenvalue weighted by Crippen LogP contribution is -1.77. The minimum atomic E-state index is 0.721. The molecular formula is C10H9ClN2. The molecule has 2 nitrogen and oxygen atoms in total. The van der Waals surface area contributed by atoms with Gasteiger partial charge in [-0.1, -0.05) is 30.3 Å². The molecule has 0 aliphatic rings. The van der Waals surface area contributed by atoms with Crippen LogP contribution in [0.3, 0.4) is 0 Å². The summed E-state index contributed by atoms with van der Waals surface area (Å²) in [5.74, 6) is 0. The van der Waals surface area contributed by atoms with Gasteiger partial charge < -0.3 is 0 Å². The first-order chi connectivity index (χ1) is 6.24. The van der Waals surface area contributed by atoms with Crippen molar-refractivity contribution in [2.45, 2.75) is 6.92 Å². The normalized spacial score (nSPS) is 10.6. The third-order valence-electron chi connectivity index (χ3n) is 2.09. The Morgan fingerprint density at radius 3 is 3.00 bits per heavy atom. The number of nitrogens with one attached hydrogen (secondary N) is 1. The molecule has 3 heteroatoms. The summed E-state index contributed by atoms with van der Waals surface area (Å²) in [5.41, 5.74) is 2.83. The van der Waals surface area contributed by atoms with E-state index in [9.17, 15) is 0 Å². The van der Waals surface area contributed by atoms with Crippen LogP contribution in [0.1, 0.15) is 11.3 Å². The van der Waals surface area contributed by atoms with Crippen molar-refractivity contribution in [1.82, 2.24) is 10.2 Å². The van der Waals surface area contributed by atoms with Gasteiger partial charge in [-0.2, -0.15) is 5.10 Å². The van der Waals surface area contributed by atoms with Crippen molar-refractivity contribution in [1.29, 1.82) is 0 Å². The summed E-state index contributed by atoms with van der Waals surface area (Å²) >= 11 is 6.16. The first-order valence-electron chi connectivity index (χ1n) is 3.99. The topological polar surface area (TPSA) is 28.7 Å². The van der Waals surface area contributed by atoms with Gasteiger partial charge in [0.1, 0.15) is 0 Å². The first-order valence-corrected chi connectivity index (χ1v) is 4.37. The van der Waals surface area contributed by atoms with E-state index in [0.29, 0.717) is 0 Å². The van der Waals surface area contributed by atoms with Gasteiger partial charge in [0.25, 0.3) is 0 Å². The average molecular weight is 193 g/mol. The number of halogens is 1. The van der Waals surface area contributed by atoms with Crippen molar-refractivity contribution >= 4 is 28.6 Å². The number of nitrogens with zero attached hydrogens (tertiary/aromatic N) is 1. The van der Waals surface area contributed by atoms with Crippen LogP contribution < -0.4 is 0 Å². The van der Waals surface area contributed by atoms with Gasteiger partial charge >= 0.3 is 0 Å². The van der Waals surface area contributed by atoms with Crippen LogP contribution in [0.25, 0.3) is 17.0 Å².